The van der Waals surface area contributed by atoms with Crippen LogP contribution in [0.15, 0.2) is 66.7 Å². The van der Waals surface area contributed by atoms with Crippen LogP contribution in [0.25, 0.3) is 0 Å². The highest BCUT2D eigenvalue weighted by Crippen LogP contribution is 2.41. The average molecular weight is 483 g/mol. The second kappa shape index (κ2) is 8.89. The van der Waals surface area contributed by atoms with Gasteiger partial charge in [-0.15, -0.1) is 0 Å². The second-order valence-corrected chi connectivity index (χ2v) is 8.75. The summed E-state index contributed by atoms with van der Waals surface area (Å²) in [6.07, 6.45) is -0.616. The molecule has 0 saturated carbocycles. The van der Waals surface area contributed by atoms with Crippen molar-refractivity contribution in [2.75, 3.05) is 5.32 Å². The molecule has 2 amide bonds. The van der Waals surface area contributed by atoms with E-state index in [9.17, 15) is 14.4 Å². The van der Waals surface area contributed by atoms with Crippen molar-refractivity contribution >= 4 is 46.7 Å². The molecule has 0 aromatic heterocycles. The van der Waals surface area contributed by atoms with Crippen molar-refractivity contribution in [1.82, 2.24) is 5.32 Å². The van der Waals surface area contributed by atoms with Crippen LogP contribution in [0, 0.1) is 0 Å². The van der Waals surface area contributed by atoms with Gasteiger partial charge in [-0.1, -0.05) is 65.7 Å². The fourth-order valence-electron chi connectivity index (χ4n) is 3.76. The third-order valence-corrected chi connectivity index (χ3v) is 6.23. The maximum absolute atomic E-state index is 13.3. The molecule has 0 spiro atoms. The predicted octanol–water partition coefficient (Wildman–Crippen LogP) is 5.94. The summed E-state index contributed by atoms with van der Waals surface area (Å²) in [7, 11) is 0. The zero-order valence-electron chi connectivity index (χ0n) is 17.8. The Labute approximate surface area is 200 Å². The molecule has 3 aromatic carbocycles. The number of halogens is 2. The maximum atomic E-state index is 13.3. The number of rotatable bonds is 4. The molecule has 1 unspecified atom stereocenters. The van der Waals surface area contributed by atoms with E-state index in [2.05, 4.69) is 10.6 Å². The van der Waals surface area contributed by atoms with Crippen molar-refractivity contribution in [2.24, 2.45) is 0 Å². The number of amides is 2. The zero-order valence-corrected chi connectivity index (χ0v) is 19.3. The first-order valence-corrected chi connectivity index (χ1v) is 10.9. The number of fused-ring (bicyclic) bond motifs is 1. The van der Waals surface area contributed by atoms with Gasteiger partial charge in [-0.2, -0.15) is 0 Å². The van der Waals surface area contributed by atoms with Crippen LogP contribution in [0.4, 0.5) is 10.5 Å². The third kappa shape index (κ3) is 4.32. The van der Waals surface area contributed by atoms with Gasteiger partial charge in [0.05, 0.1) is 22.3 Å². The molecule has 0 bridgehead atoms. The highest BCUT2D eigenvalue weighted by molar-refractivity contribution is 6.41. The molecule has 8 heteroatoms. The Kier molecular flexibility index (Phi) is 6.15. The van der Waals surface area contributed by atoms with Gasteiger partial charge in [0.15, 0.2) is 5.78 Å². The summed E-state index contributed by atoms with van der Waals surface area (Å²) in [5, 5.41) is 5.96. The van der Waals surface area contributed by atoms with Gasteiger partial charge in [-0.05, 0) is 49.2 Å². The number of hydrogen-bond donors (Lipinski definition) is 2. The summed E-state index contributed by atoms with van der Waals surface area (Å²) in [6, 6.07) is 18.4. The van der Waals surface area contributed by atoms with E-state index in [0.29, 0.717) is 10.6 Å². The molecule has 2 N–H and O–H groups in total. The molecule has 168 valence electrons. The van der Waals surface area contributed by atoms with Crippen LogP contribution in [0.1, 0.15) is 41.4 Å². The summed E-state index contributed by atoms with van der Waals surface area (Å²) >= 11 is 12.2. The Balaban J connectivity index is 1.52. The largest absolute Gasteiger partial charge is 0.413 e. The average Bonchev–Trinajstić information content (AvgIpc) is 2.78. The van der Waals surface area contributed by atoms with Crippen LogP contribution < -0.4 is 15.4 Å². The summed E-state index contributed by atoms with van der Waals surface area (Å²) in [5.74, 6) is -0.665. The fraction of sp³-hybridized carbons (Fsp3) is 0.160. The molecule has 33 heavy (non-hydrogen) atoms. The molecule has 2 atom stereocenters. The van der Waals surface area contributed by atoms with Crippen molar-refractivity contribution in [3.8, 4) is 5.75 Å². The summed E-state index contributed by atoms with van der Waals surface area (Å²) < 4.78 is 5.35. The first kappa shape index (κ1) is 22.8. The molecule has 0 fully saturated rings. The number of nitrogens with one attached hydrogen (secondary N) is 2. The molecule has 0 saturated heterocycles. The van der Waals surface area contributed by atoms with E-state index in [4.69, 9.17) is 27.9 Å². The van der Waals surface area contributed by atoms with Crippen LogP contribution in [-0.2, 0) is 10.2 Å². The van der Waals surface area contributed by atoms with Gasteiger partial charge in [-0.25, -0.2) is 4.79 Å². The lowest BCUT2D eigenvalue weighted by Gasteiger charge is -2.33. The van der Waals surface area contributed by atoms with Crippen LogP contribution in [0.5, 0.6) is 5.75 Å². The first-order valence-electron chi connectivity index (χ1n) is 10.2. The third-order valence-electron chi connectivity index (χ3n) is 5.71. The lowest BCUT2D eigenvalue weighted by atomic mass is 9.73. The maximum Gasteiger partial charge on any atom is 0.413 e. The van der Waals surface area contributed by atoms with E-state index >= 15 is 0 Å². The first-order chi connectivity index (χ1) is 15.7. The summed E-state index contributed by atoms with van der Waals surface area (Å²) in [4.78, 5) is 38.5. The van der Waals surface area contributed by atoms with E-state index in [-0.39, 0.29) is 28.1 Å². The van der Waals surface area contributed by atoms with Gasteiger partial charge < -0.3 is 15.4 Å². The minimum Gasteiger partial charge on any atom is -0.410 e. The second-order valence-electron chi connectivity index (χ2n) is 7.91. The van der Waals surface area contributed by atoms with E-state index < -0.39 is 23.2 Å². The highest BCUT2D eigenvalue weighted by atomic mass is 35.5. The number of ketones is 1. The molecule has 1 aliphatic heterocycles. The number of anilines is 1. The van der Waals surface area contributed by atoms with Gasteiger partial charge in [-0.3, -0.25) is 9.59 Å². The molecule has 3 aromatic rings. The Morgan fingerprint density at radius 1 is 1.03 bits per heavy atom. The SMILES string of the molecule is C[C@@H](NC(=O)Oc1ccc(C2(C)C(=O)Nc3cc(Cl)cc(Cl)c3C2=O)cc1)c1ccccc1. The van der Waals surface area contributed by atoms with Gasteiger partial charge in [0, 0.05) is 5.02 Å². The Morgan fingerprint density at radius 2 is 1.70 bits per heavy atom. The Morgan fingerprint density at radius 3 is 2.36 bits per heavy atom. The Bertz CT molecular complexity index is 1250. The van der Waals surface area contributed by atoms with Crippen LogP contribution in [-0.4, -0.2) is 17.8 Å². The molecule has 4 rings (SSSR count). The smallest absolute Gasteiger partial charge is 0.410 e. The topological polar surface area (TPSA) is 84.5 Å². The molecule has 0 aliphatic carbocycles. The van der Waals surface area contributed by atoms with Gasteiger partial charge in [0.1, 0.15) is 11.2 Å². The van der Waals surface area contributed by atoms with E-state index in [1.807, 2.05) is 37.3 Å². The Hall–Kier alpha value is -3.35. The van der Waals surface area contributed by atoms with Crippen LogP contribution >= 0.6 is 23.2 Å². The van der Waals surface area contributed by atoms with E-state index in [1.165, 1.54) is 31.2 Å². The zero-order chi connectivity index (χ0) is 23.8. The summed E-state index contributed by atoms with van der Waals surface area (Å²) in [6.45, 7) is 3.38. The standard InChI is InChI=1S/C25H20Cl2N2O4/c1-14(15-6-4-3-5-7-15)28-24(32)33-18-10-8-16(9-11-18)25(2)22(30)21-19(27)12-17(26)13-20(21)29-23(25)31/h3-14H,1-2H3,(H,28,32)(H,29,31)/t14-,25?/m1/s1. The van der Waals surface area contributed by atoms with Crippen molar-refractivity contribution < 1.29 is 19.1 Å². The quantitative estimate of drug-likeness (QED) is 0.450. The van der Waals surface area contributed by atoms with Crippen molar-refractivity contribution in [3.05, 3.63) is 93.5 Å². The predicted molar refractivity (Wildman–Crippen MR) is 127 cm³/mol. The van der Waals surface area contributed by atoms with Gasteiger partial charge in [0.25, 0.3) is 0 Å². The van der Waals surface area contributed by atoms with Crippen LogP contribution in [0.2, 0.25) is 10.0 Å². The molecule has 1 aliphatic rings. The van der Waals surface area contributed by atoms with E-state index in [1.54, 1.807) is 12.1 Å². The van der Waals surface area contributed by atoms with Crippen molar-refractivity contribution in [1.29, 1.82) is 0 Å². The minimum absolute atomic E-state index is 0.165. The van der Waals surface area contributed by atoms with Gasteiger partial charge >= 0.3 is 6.09 Å². The highest BCUT2D eigenvalue weighted by Gasteiger charge is 2.48. The van der Waals surface area contributed by atoms with Gasteiger partial charge in [0.2, 0.25) is 5.91 Å². The molecule has 6 nitrogen and oxygen atoms in total. The van der Waals surface area contributed by atoms with Crippen molar-refractivity contribution in [3.63, 3.8) is 0 Å². The fourth-order valence-corrected chi connectivity index (χ4v) is 4.34. The lowest BCUT2D eigenvalue weighted by molar-refractivity contribution is -0.119. The normalized spacial score (nSPS) is 18.2. The molecule has 1 heterocycles. The number of carbonyl (C=O) groups excluding carboxylic acids is 3. The number of benzene rings is 3. The molecular weight excluding hydrogens is 463 g/mol. The lowest BCUT2D eigenvalue weighted by Crippen LogP contribution is -2.48. The summed E-state index contributed by atoms with van der Waals surface area (Å²) in [5.41, 5.74) is 0.362. The van der Waals surface area contributed by atoms with Crippen LogP contribution in [0.3, 0.4) is 0 Å². The number of hydrogen-bond acceptors (Lipinski definition) is 4. The minimum atomic E-state index is -1.51. The molecular formula is C25H20Cl2N2O4. The number of ether oxygens (including phenoxy) is 1. The number of Topliss-reactive ketones (excluding diaryl/α,β-unsaturated/α-hetero) is 1. The number of carbonyl (C=O) groups is 3. The van der Waals surface area contributed by atoms with E-state index in [0.717, 1.165) is 5.56 Å². The van der Waals surface area contributed by atoms with Crippen molar-refractivity contribution in [2.45, 2.75) is 25.3 Å². The monoisotopic (exact) mass is 482 g/mol. The molecule has 0 radical (unpaired) electrons.